The Balaban J connectivity index is 2.09. The molecule has 3 aromatic carbocycles. The number of carbonyl (C=O) groups is 1. The van der Waals surface area contributed by atoms with Crippen LogP contribution in [0.5, 0.6) is 5.75 Å². The van der Waals surface area contributed by atoms with Gasteiger partial charge in [-0.3, -0.25) is 4.31 Å². The van der Waals surface area contributed by atoms with Crippen LogP contribution >= 0.6 is 0 Å². The number of phenols is 1. The molecule has 0 amide bonds. The van der Waals surface area contributed by atoms with Gasteiger partial charge in [0.2, 0.25) is 0 Å². The number of hydrogen-bond acceptors (Lipinski definition) is 5. The molecule has 0 bridgehead atoms. The summed E-state index contributed by atoms with van der Waals surface area (Å²) in [5, 5.41) is 9.88. The minimum absolute atomic E-state index is 0.0425. The molecule has 0 radical (unpaired) electrons. The fourth-order valence-corrected chi connectivity index (χ4v) is 5.67. The first-order chi connectivity index (χ1) is 15.6. The van der Waals surface area contributed by atoms with Gasteiger partial charge in [-0.05, 0) is 73.4 Å². The molecule has 0 saturated carbocycles. The second-order valence-electron chi connectivity index (χ2n) is 7.86. The first-order valence-electron chi connectivity index (χ1n) is 10.4. The fraction of sp³-hybridized carbons (Fsp3) is 0.192. The number of hydrogen-bond donors (Lipinski definition) is 1. The molecule has 0 heterocycles. The second-order valence-corrected chi connectivity index (χ2v) is 9.66. The number of nitrogens with zero attached hydrogens (tertiary/aromatic N) is 1. The summed E-state index contributed by atoms with van der Waals surface area (Å²) in [7, 11) is -2.63. The van der Waals surface area contributed by atoms with E-state index in [0.29, 0.717) is 22.4 Å². The molecule has 7 heteroatoms. The summed E-state index contributed by atoms with van der Waals surface area (Å²) in [6.07, 6.45) is 2.90. The van der Waals surface area contributed by atoms with Crippen molar-refractivity contribution >= 4 is 27.8 Å². The summed E-state index contributed by atoms with van der Waals surface area (Å²) < 4.78 is 33.7. The van der Waals surface area contributed by atoms with Crippen molar-refractivity contribution in [2.75, 3.05) is 11.4 Å². The van der Waals surface area contributed by atoms with Crippen molar-refractivity contribution < 1.29 is 23.1 Å². The number of aryl methyl sites for hydroxylation is 3. The van der Waals surface area contributed by atoms with Gasteiger partial charge >= 0.3 is 5.97 Å². The van der Waals surface area contributed by atoms with Crippen molar-refractivity contribution in [2.24, 2.45) is 0 Å². The molecule has 0 spiro atoms. The monoisotopic (exact) mass is 465 g/mol. The summed E-state index contributed by atoms with van der Waals surface area (Å²) in [5.74, 6) is -0.409. The van der Waals surface area contributed by atoms with Crippen molar-refractivity contribution in [1.29, 1.82) is 0 Å². The van der Waals surface area contributed by atoms with Crippen LogP contribution in [-0.4, -0.2) is 26.6 Å². The van der Waals surface area contributed by atoms with E-state index in [2.05, 4.69) is 4.74 Å². The average molecular weight is 466 g/mol. The van der Waals surface area contributed by atoms with Crippen LogP contribution in [0, 0.1) is 20.8 Å². The highest BCUT2D eigenvalue weighted by Gasteiger charge is 2.28. The normalized spacial score (nSPS) is 11.5. The van der Waals surface area contributed by atoms with Crippen LogP contribution in [0.15, 0.2) is 71.6 Å². The number of benzene rings is 3. The summed E-state index contributed by atoms with van der Waals surface area (Å²) in [6, 6.07) is 17.1. The number of carbonyl (C=O) groups excluding carboxylic acids is 1. The van der Waals surface area contributed by atoms with Gasteiger partial charge < -0.3 is 9.84 Å². The maximum Gasteiger partial charge on any atom is 0.330 e. The lowest BCUT2D eigenvalue weighted by Crippen LogP contribution is -2.31. The smallest absolute Gasteiger partial charge is 0.330 e. The zero-order chi connectivity index (χ0) is 24.2. The molecular formula is C26H27NO5S. The zero-order valence-corrected chi connectivity index (χ0v) is 19.9. The molecular weight excluding hydrogens is 438 g/mol. The van der Waals surface area contributed by atoms with E-state index < -0.39 is 16.0 Å². The van der Waals surface area contributed by atoms with E-state index in [9.17, 15) is 18.3 Å². The van der Waals surface area contributed by atoms with Crippen LogP contribution < -0.4 is 4.31 Å². The number of esters is 1. The van der Waals surface area contributed by atoms with E-state index in [0.717, 1.165) is 11.1 Å². The second kappa shape index (κ2) is 9.92. The lowest BCUT2D eigenvalue weighted by molar-refractivity contribution is -0.134. The topological polar surface area (TPSA) is 83.9 Å². The molecule has 0 aliphatic heterocycles. The first kappa shape index (κ1) is 24.1. The van der Waals surface area contributed by atoms with E-state index in [1.54, 1.807) is 68.5 Å². The molecule has 0 aliphatic rings. The van der Waals surface area contributed by atoms with Gasteiger partial charge in [0, 0.05) is 6.08 Å². The first-order valence-corrected chi connectivity index (χ1v) is 11.8. The Morgan fingerprint density at radius 2 is 1.64 bits per heavy atom. The Morgan fingerprint density at radius 1 is 1.00 bits per heavy atom. The quantitative estimate of drug-likeness (QED) is 0.396. The molecule has 0 aliphatic carbocycles. The largest absolute Gasteiger partial charge is 0.508 e. The molecule has 172 valence electrons. The summed E-state index contributed by atoms with van der Waals surface area (Å²) in [4.78, 5) is 11.6. The number of rotatable bonds is 7. The number of phenolic OH excluding ortho intramolecular Hbond substituents is 1. The maximum absolute atomic E-state index is 13.9. The number of anilines is 1. The van der Waals surface area contributed by atoms with Crippen molar-refractivity contribution in [3.05, 3.63) is 94.6 Å². The summed E-state index contributed by atoms with van der Waals surface area (Å²) in [5.41, 5.74) is 4.17. The lowest BCUT2D eigenvalue weighted by Gasteiger charge is -2.27. The van der Waals surface area contributed by atoms with Crippen LogP contribution in [0.4, 0.5) is 5.69 Å². The van der Waals surface area contributed by atoms with E-state index in [4.69, 9.17) is 0 Å². The van der Waals surface area contributed by atoms with Gasteiger partial charge in [-0.15, -0.1) is 0 Å². The highest BCUT2D eigenvalue weighted by atomic mass is 32.2. The minimum Gasteiger partial charge on any atom is -0.508 e. The zero-order valence-electron chi connectivity index (χ0n) is 19.1. The Kier molecular flexibility index (Phi) is 7.23. The van der Waals surface area contributed by atoms with Crippen LogP contribution in [0.3, 0.4) is 0 Å². The third kappa shape index (κ3) is 5.62. The summed E-state index contributed by atoms with van der Waals surface area (Å²) in [6.45, 7) is 5.56. The molecule has 0 unspecified atom stereocenters. The SMILES string of the molecule is COC(=O)/C=C/c1ccc(N(Cc2cccc(O)c2)S(=O)(=O)c2c(C)cc(C)cc2C)cc1. The van der Waals surface area contributed by atoms with E-state index in [-0.39, 0.29) is 17.2 Å². The van der Waals surface area contributed by atoms with Crippen molar-refractivity contribution in [3.63, 3.8) is 0 Å². The molecule has 0 saturated heterocycles. The molecule has 3 aromatic rings. The van der Waals surface area contributed by atoms with Crippen LogP contribution in [0.1, 0.15) is 27.8 Å². The Labute approximate surface area is 194 Å². The lowest BCUT2D eigenvalue weighted by atomic mass is 10.1. The average Bonchev–Trinajstić information content (AvgIpc) is 2.75. The predicted octanol–water partition coefficient (Wildman–Crippen LogP) is 4.90. The molecule has 0 fully saturated rings. The predicted molar refractivity (Wildman–Crippen MR) is 130 cm³/mol. The Bertz CT molecular complexity index is 1270. The number of sulfonamides is 1. The Morgan fingerprint density at radius 3 is 2.21 bits per heavy atom. The number of ether oxygens (including phenoxy) is 1. The van der Waals surface area contributed by atoms with Crippen LogP contribution in [0.25, 0.3) is 6.08 Å². The van der Waals surface area contributed by atoms with Crippen molar-refractivity contribution in [1.82, 2.24) is 0 Å². The number of aromatic hydroxyl groups is 1. The fourth-order valence-electron chi connectivity index (χ4n) is 3.80. The van der Waals surface area contributed by atoms with Gasteiger partial charge in [0.1, 0.15) is 5.75 Å². The van der Waals surface area contributed by atoms with Crippen molar-refractivity contribution in [2.45, 2.75) is 32.2 Å². The molecule has 0 aromatic heterocycles. The van der Waals surface area contributed by atoms with E-state index in [1.807, 2.05) is 19.1 Å². The highest BCUT2D eigenvalue weighted by molar-refractivity contribution is 7.92. The third-order valence-corrected chi connectivity index (χ3v) is 7.26. The van der Waals surface area contributed by atoms with Gasteiger partial charge in [-0.25, -0.2) is 13.2 Å². The maximum atomic E-state index is 13.9. The molecule has 1 N–H and O–H groups in total. The van der Waals surface area contributed by atoms with E-state index in [1.165, 1.54) is 17.5 Å². The van der Waals surface area contributed by atoms with E-state index >= 15 is 0 Å². The molecule has 6 nitrogen and oxygen atoms in total. The van der Waals surface area contributed by atoms with Gasteiger partial charge in [-0.1, -0.05) is 42.0 Å². The molecule has 3 rings (SSSR count). The standard InChI is InChI=1S/C26H27NO5S/c1-18-14-19(2)26(20(3)15-18)33(30,31)27(17-22-6-5-7-24(28)16-22)23-11-8-21(9-12-23)10-13-25(29)32-4/h5-16,28H,17H2,1-4H3/b13-10+. The third-order valence-electron chi connectivity index (χ3n) is 5.18. The van der Waals surface area contributed by atoms with Gasteiger partial charge in [0.05, 0.1) is 24.2 Å². The van der Waals surface area contributed by atoms with Crippen molar-refractivity contribution in [3.8, 4) is 5.75 Å². The van der Waals surface area contributed by atoms with Gasteiger partial charge in [0.15, 0.2) is 0 Å². The van der Waals surface area contributed by atoms with Gasteiger partial charge in [0.25, 0.3) is 10.0 Å². The number of methoxy groups -OCH3 is 1. The van der Waals surface area contributed by atoms with Crippen LogP contribution in [-0.2, 0) is 26.1 Å². The highest BCUT2D eigenvalue weighted by Crippen LogP contribution is 2.31. The van der Waals surface area contributed by atoms with Gasteiger partial charge in [-0.2, -0.15) is 0 Å². The molecule has 33 heavy (non-hydrogen) atoms. The van der Waals surface area contributed by atoms with Crippen LogP contribution in [0.2, 0.25) is 0 Å². The molecule has 0 atom stereocenters. The summed E-state index contributed by atoms with van der Waals surface area (Å²) >= 11 is 0. The minimum atomic E-state index is -3.93. The Hall–Kier alpha value is -3.58.